The largest absolute Gasteiger partial charge is 0.369 e. The van der Waals surface area contributed by atoms with Gasteiger partial charge in [-0.15, -0.1) is 0 Å². The first-order chi connectivity index (χ1) is 7.51. The Morgan fingerprint density at radius 1 is 1.31 bits per heavy atom. The first kappa shape index (κ1) is 12.7. The minimum atomic E-state index is 0.212. The predicted molar refractivity (Wildman–Crippen MR) is 67.5 cm³/mol. The van der Waals surface area contributed by atoms with Gasteiger partial charge in [0.05, 0.1) is 0 Å². The van der Waals surface area contributed by atoms with E-state index in [9.17, 15) is 0 Å². The van der Waals surface area contributed by atoms with E-state index in [0.717, 1.165) is 18.9 Å². The van der Waals surface area contributed by atoms with Gasteiger partial charge >= 0.3 is 0 Å². The summed E-state index contributed by atoms with van der Waals surface area (Å²) in [5.74, 6) is 1.45. The molecule has 5 nitrogen and oxygen atoms in total. The molecule has 0 aliphatic carbocycles. The zero-order valence-electron chi connectivity index (χ0n) is 10.2. The van der Waals surface area contributed by atoms with Crippen LogP contribution in [0.2, 0.25) is 0 Å². The van der Waals surface area contributed by atoms with Gasteiger partial charge in [0, 0.05) is 25.8 Å². The van der Waals surface area contributed by atoms with Crippen LogP contribution in [0.15, 0.2) is 12.3 Å². The van der Waals surface area contributed by atoms with Gasteiger partial charge in [0.2, 0.25) is 5.95 Å². The molecular weight excluding hydrogens is 202 g/mol. The molecule has 0 saturated heterocycles. The topological polar surface area (TPSA) is 75.9 Å². The van der Waals surface area contributed by atoms with E-state index in [4.69, 9.17) is 5.73 Å². The van der Waals surface area contributed by atoms with E-state index in [1.165, 1.54) is 0 Å². The summed E-state index contributed by atoms with van der Waals surface area (Å²) >= 11 is 0. The summed E-state index contributed by atoms with van der Waals surface area (Å²) < 4.78 is 0. The lowest BCUT2D eigenvalue weighted by molar-refractivity contribution is 0.442. The Labute approximate surface area is 96.9 Å². The highest BCUT2D eigenvalue weighted by molar-refractivity contribution is 5.39. The van der Waals surface area contributed by atoms with Crippen molar-refractivity contribution in [2.75, 3.05) is 30.3 Å². The van der Waals surface area contributed by atoms with Crippen LogP contribution < -0.4 is 16.4 Å². The van der Waals surface area contributed by atoms with Gasteiger partial charge in [0.25, 0.3) is 0 Å². The predicted octanol–water partition coefficient (Wildman–Crippen LogP) is 1.31. The van der Waals surface area contributed by atoms with E-state index >= 15 is 0 Å². The van der Waals surface area contributed by atoms with Crippen molar-refractivity contribution in [2.45, 2.75) is 20.8 Å². The molecule has 0 amide bonds. The van der Waals surface area contributed by atoms with Crippen LogP contribution in [-0.2, 0) is 0 Å². The van der Waals surface area contributed by atoms with E-state index in [1.54, 1.807) is 6.20 Å². The second kappa shape index (κ2) is 5.65. The van der Waals surface area contributed by atoms with Crippen LogP contribution >= 0.6 is 0 Å². The Hall–Kier alpha value is -1.36. The van der Waals surface area contributed by atoms with Gasteiger partial charge in [-0.05, 0) is 11.5 Å². The van der Waals surface area contributed by atoms with E-state index < -0.39 is 0 Å². The fourth-order valence-electron chi connectivity index (χ4n) is 1.09. The van der Waals surface area contributed by atoms with Crippen LogP contribution in [0.1, 0.15) is 20.8 Å². The minimum absolute atomic E-state index is 0.212. The van der Waals surface area contributed by atoms with Gasteiger partial charge in [0.1, 0.15) is 5.82 Å². The number of nitrogens with zero attached hydrogens (tertiary/aromatic N) is 2. The molecule has 0 aliphatic rings. The number of hydrogen-bond acceptors (Lipinski definition) is 5. The lowest BCUT2D eigenvalue weighted by Crippen LogP contribution is -2.20. The molecule has 1 heterocycles. The third kappa shape index (κ3) is 4.93. The van der Waals surface area contributed by atoms with Crippen molar-refractivity contribution >= 4 is 11.8 Å². The highest BCUT2D eigenvalue weighted by atomic mass is 15.1. The molecule has 5 heteroatoms. The maximum atomic E-state index is 5.41. The summed E-state index contributed by atoms with van der Waals surface area (Å²) in [5.41, 5.74) is 5.62. The third-order valence-corrected chi connectivity index (χ3v) is 1.88. The Kier molecular flexibility index (Phi) is 4.49. The molecular formula is C11H21N5. The smallest absolute Gasteiger partial charge is 0.224 e. The highest BCUT2D eigenvalue weighted by Gasteiger charge is 2.10. The first-order valence-corrected chi connectivity index (χ1v) is 5.52. The molecule has 0 radical (unpaired) electrons. The lowest BCUT2D eigenvalue weighted by atomic mass is 9.97. The summed E-state index contributed by atoms with van der Waals surface area (Å²) in [5, 5.41) is 6.32. The highest BCUT2D eigenvalue weighted by Crippen LogP contribution is 2.13. The third-order valence-electron chi connectivity index (χ3n) is 1.88. The van der Waals surface area contributed by atoms with Crippen LogP contribution in [0.3, 0.4) is 0 Å². The van der Waals surface area contributed by atoms with Crippen molar-refractivity contribution in [1.82, 2.24) is 9.97 Å². The van der Waals surface area contributed by atoms with Gasteiger partial charge in [-0.2, -0.15) is 4.98 Å². The molecule has 0 aromatic carbocycles. The molecule has 90 valence electrons. The lowest BCUT2D eigenvalue weighted by Gasteiger charge is -2.18. The Bertz CT molecular complexity index is 318. The molecule has 16 heavy (non-hydrogen) atoms. The van der Waals surface area contributed by atoms with Gasteiger partial charge in [-0.3, -0.25) is 0 Å². The van der Waals surface area contributed by atoms with Gasteiger partial charge in [-0.25, -0.2) is 4.98 Å². The normalized spacial score (nSPS) is 11.2. The molecule has 4 N–H and O–H groups in total. The molecule has 1 aromatic rings. The molecule has 0 unspecified atom stereocenters. The molecule has 0 bridgehead atoms. The van der Waals surface area contributed by atoms with Crippen LogP contribution in [0, 0.1) is 5.41 Å². The van der Waals surface area contributed by atoms with Crippen molar-refractivity contribution in [3.63, 3.8) is 0 Å². The molecule has 0 atom stereocenters. The van der Waals surface area contributed by atoms with Gasteiger partial charge in [0.15, 0.2) is 0 Å². The van der Waals surface area contributed by atoms with Crippen molar-refractivity contribution < 1.29 is 0 Å². The second-order valence-electron chi connectivity index (χ2n) is 4.90. The summed E-state index contributed by atoms with van der Waals surface area (Å²) in [6, 6.07) is 1.83. The van der Waals surface area contributed by atoms with Crippen LogP contribution in [-0.4, -0.2) is 29.6 Å². The number of nitrogens with two attached hydrogens (primary N) is 1. The average Bonchev–Trinajstić information content (AvgIpc) is 2.23. The monoisotopic (exact) mass is 223 g/mol. The maximum absolute atomic E-state index is 5.41. The molecule has 1 rings (SSSR count). The van der Waals surface area contributed by atoms with E-state index in [-0.39, 0.29) is 5.41 Å². The van der Waals surface area contributed by atoms with Crippen molar-refractivity contribution in [3.05, 3.63) is 12.3 Å². The van der Waals surface area contributed by atoms with Crippen LogP contribution in [0.4, 0.5) is 11.8 Å². The van der Waals surface area contributed by atoms with E-state index in [0.29, 0.717) is 12.5 Å². The van der Waals surface area contributed by atoms with Gasteiger partial charge in [-0.1, -0.05) is 20.8 Å². The van der Waals surface area contributed by atoms with Crippen LogP contribution in [0.5, 0.6) is 0 Å². The fourth-order valence-corrected chi connectivity index (χ4v) is 1.09. The maximum Gasteiger partial charge on any atom is 0.224 e. The Morgan fingerprint density at radius 2 is 2.06 bits per heavy atom. The van der Waals surface area contributed by atoms with E-state index in [1.807, 2.05) is 6.07 Å². The van der Waals surface area contributed by atoms with Crippen molar-refractivity contribution in [3.8, 4) is 0 Å². The molecule has 1 aromatic heterocycles. The average molecular weight is 223 g/mol. The number of nitrogens with one attached hydrogen (secondary N) is 2. The van der Waals surface area contributed by atoms with Crippen LogP contribution in [0.25, 0.3) is 0 Å². The zero-order valence-corrected chi connectivity index (χ0v) is 10.2. The number of aromatic nitrogens is 2. The zero-order chi connectivity index (χ0) is 12.0. The molecule has 0 spiro atoms. The first-order valence-electron chi connectivity index (χ1n) is 5.52. The fraction of sp³-hybridized carbons (Fsp3) is 0.636. The summed E-state index contributed by atoms with van der Waals surface area (Å²) in [7, 11) is 0. The molecule has 0 fully saturated rings. The van der Waals surface area contributed by atoms with Gasteiger partial charge < -0.3 is 16.4 Å². The molecule has 0 saturated carbocycles. The quantitative estimate of drug-likeness (QED) is 0.701. The minimum Gasteiger partial charge on any atom is -0.369 e. The number of hydrogen-bond donors (Lipinski definition) is 3. The van der Waals surface area contributed by atoms with E-state index in [2.05, 4.69) is 41.4 Å². The summed E-state index contributed by atoms with van der Waals surface area (Å²) in [6.07, 6.45) is 1.73. The standard InChI is InChI=1S/C11H21N5/c1-11(2,3)8-15-10-14-6-4-9(16-10)13-7-5-12/h4,6H,5,7-8,12H2,1-3H3,(H2,13,14,15,16). The number of anilines is 2. The molecule has 0 aliphatic heterocycles. The van der Waals surface area contributed by atoms with Crippen molar-refractivity contribution in [1.29, 1.82) is 0 Å². The summed E-state index contributed by atoms with van der Waals surface area (Å²) in [4.78, 5) is 8.48. The Balaban J connectivity index is 2.53. The second-order valence-corrected chi connectivity index (χ2v) is 4.90. The number of rotatable bonds is 5. The Morgan fingerprint density at radius 3 is 2.69 bits per heavy atom. The summed E-state index contributed by atoms with van der Waals surface area (Å²) in [6.45, 7) is 8.64. The van der Waals surface area contributed by atoms with Crippen molar-refractivity contribution in [2.24, 2.45) is 11.1 Å². The SMILES string of the molecule is CC(C)(C)CNc1nccc(NCCN)n1.